The highest BCUT2D eigenvalue weighted by atomic mass is 32.2. The van der Waals surface area contributed by atoms with Crippen LogP contribution in [0.3, 0.4) is 0 Å². The van der Waals surface area contributed by atoms with E-state index in [9.17, 15) is 13.2 Å². The van der Waals surface area contributed by atoms with Crippen molar-refractivity contribution in [3.05, 3.63) is 40.6 Å². The fourth-order valence-electron chi connectivity index (χ4n) is 2.92. The number of anilines is 1. The zero-order valence-corrected chi connectivity index (χ0v) is 17.4. The molecule has 0 aliphatic carbocycles. The lowest BCUT2D eigenvalue weighted by Gasteiger charge is -2.28. The van der Waals surface area contributed by atoms with Crippen LogP contribution in [-0.4, -0.2) is 26.6 Å². The number of thiophene rings is 1. The third-order valence-corrected chi connectivity index (χ3v) is 7.72. The van der Waals surface area contributed by atoms with Gasteiger partial charge in [-0.05, 0) is 35.6 Å². The predicted molar refractivity (Wildman–Crippen MR) is 107 cm³/mol. The third kappa shape index (κ3) is 3.98. The van der Waals surface area contributed by atoms with Crippen LogP contribution in [0.25, 0.3) is 0 Å². The summed E-state index contributed by atoms with van der Waals surface area (Å²) in [6.45, 7) is 6.08. The van der Waals surface area contributed by atoms with Gasteiger partial charge in [0.25, 0.3) is 0 Å². The molecule has 0 saturated heterocycles. The van der Waals surface area contributed by atoms with Gasteiger partial charge < -0.3 is 4.90 Å². The molecule has 5 nitrogen and oxygen atoms in total. The summed E-state index contributed by atoms with van der Waals surface area (Å²) < 4.78 is 28.8. The summed E-state index contributed by atoms with van der Waals surface area (Å²) in [5.41, 5.74) is 0.675. The molecule has 3 rings (SSSR count). The maximum absolute atomic E-state index is 13.0. The Balaban J connectivity index is 1.95. The predicted octanol–water partition coefficient (Wildman–Crippen LogP) is 3.88. The van der Waals surface area contributed by atoms with Crippen LogP contribution in [0.5, 0.6) is 0 Å². The summed E-state index contributed by atoms with van der Waals surface area (Å²) in [6.07, 6.45) is 0. The molecule has 0 bridgehead atoms. The zero-order valence-electron chi connectivity index (χ0n) is 14.9. The molecule has 1 N–H and O–H groups in total. The summed E-state index contributed by atoms with van der Waals surface area (Å²) in [6, 6.07) is 8.60. The number of benzene rings is 1. The maximum atomic E-state index is 13.0. The lowest BCUT2D eigenvalue weighted by Crippen LogP contribution is -2.34. The second kappa shape index (κ2) is 7.72. The van der Waals surface area contributed by atoms with Crippen molar-refractivity contribution in [3.8, 4) is 0 Å². The number of fused-ring (bicyclic) bond motifs is 1. The average molecular weight is 411 g/mol. The van der Waals surface area contributed by atoms with E-state index in [-0.39, 0.29) is 22.8 Å². The van der Waals surface area contributed by atoms with Gasteiger partial charge in [0.15, 0.2) is 0 Å². The van der Waals surface area contributed by atoms with Crippen LogP contribution in [0.1, 0.15) is 31.7 Å². The number of nitrogens with one attached hydrogen (secondary N) is 1. The number of thioether (sulfide) groups is 1. The number of rotatable bonds is 5. The van der Waals surface area contributed by atoms with Gasteiger partial charge in [-0.15, -0.1) is 23.1 Å². The first-order chi connectivity index (χ1) is 12.3. The summed E-state index contributed by atoms with van der Waals surface area (Å²) in [5.74, 6) is 0.850. The molecule has 1 amide bonds. The van der Waals surface area contributed by atoms with Gasteiger partial charge in [-0.2, -0.15) is 0 Å². The van der Waals surface area contributed by atoms with E-state index in [1.807, 2.05) is 31.4 Å². The van der Waals surface area contributed by atoms with Crippen LogP contribution in [0.15, 0.2) is 45.5 Å². The van der Waals surface area contributed by atoms with Crippen LogP contribution in [0.2, 0.25) is 0 Å². The molecule has 140 valence electrons. The van der Waals surface area contributed by atoms with E-state index < -0.39 is 10.0 Å². The highest BCUT2D eigenvalue weighted by Gasteiger charge is 2.27. The molecule has 1 aliphatic heterocycles. The standard InChI is InChI=1S/C18H22N2O3S3/c1-12(2)18(17-5-4-9-24-17)19-26(22,23)14-6-7-16-15(11-14)20(13(3)21)8-10-25-16/h4-7,9,11-12,18-19H,8,10H2,1-3H3. The number of hydrogen-bond acceptors (Lipinski definition) is 5. The summed E-state index contributed by atoms with van der Waals surface area (Å²) in [5, 5.41) is 1.94. The first-order valence-corrected chi connectivity index (χ1v) is 11.7. The Labute approximate surface area is 162 Å². The Morgan fingerprint density at radius 3 is 2.65 bits per heavy atom. The summed E-state index contributed by atoms with van der Waals surface area (Å²) in [7, 11) is -3.70. The van der Waals surface area contributed by atoms with E-state index in [4.69, 9.17) is 0 Å². The molecule has 1 aromatic heterocycles. The van der Waals surface area contributed by atoms with Crippen molar-refractivity contribution in [2.45, 2.75) is 36.6 Å². The molecular formula is C18H22N2O3S3. The van der Waals surface area contributed by atoms with Crippen molar-refractivity contribution in [2.24, 2.45) is 5.92 Å². The summed E-state index contributed by atoms with van der Waals surface area (Å²) >= 11 is 3.18. The van der Waals surface area contributed by atoms with Crippen LogP contribution in [0, 0.1) is 5.92 Å². The van der Waals surface area contributed by atoms with Gasteiger partial charge in [0, 0.05) is 29.0 Å². The zero-order chi connectivity index (χ0) is 18.9. The lowest BCUT2D eigenvalue weighted by molar-refractivity contribution is -0.116. The maximum Gasteiger partial charge on any atom is 0.241 e. The number of amides is 1. The van der Waals surface area contributed by atoms with Crippen molar-refractivity contribution in [2.75, 3.05) is 17.2 Å². The Kier molecular flexibility index (Phi) is 5.76. The van der Waals surface area contributed by atoms with Crippen molar-refractivity contribution < 1.29 is 13.2 Å². The average Bonchev–Trinajstić information content (AvgIpc) is 3.12. The summed E-state index contributed by atoms with van der Waals surface area (Å²) in [4.78, 5) is 15.7. The monoisotopic (exact) mass is 410 g/mol. The highest BCUT2D eigenvalue weighted by Crippen LogP contribution is 2.37. The van der Waals surface area contributed by atoms with Crippen LogP contribution < -0.4 is 9.62 Å². The fraction of sp³-hybridized carbons (Fsp3) is 0.389. The minimum Gasteiger partial charge on any atom is -0.311 e. The van der Waals surface area contributed by atoms with E-state index in [0.29, 0.717) is 12.2 Å². The molecule has 2 heterocycles. The van der Waals surface area contributed by atoms with E-state index in [1.54, 1.807) is 34.9 Å². The SMILES string of the molecule is CC(=O)N1CCSc2ccc(S(=O)(=O)NC(c3cccs3)C(C)C)cc21. The molecule has 8 heteroatoms. The minimum absolute atomic E-state index is 0.0762. The molecule has 2 aromatic rings. The molecule has 1 unspecified atom stereocenters. The van der Waals surface area contributed by atoms with E-state index in [2.05, 4.69) is 4.72 Å². The highest BCUT2D eigenvalue weighted by molar-refractivity contribution is 7.99. The number of sulfonamides is 1. The van der Waals surface area contributed by atoms with E-state index >= 15 is 0 Å². The van der Waals surface area contributed by atoms with Gasteiger partial charge in [-0.1, -0.05) is 19.9 Å². The van der Waals surface area contributed by atoms with Gasteiger partial charge in [0.1, 0.15) is 0 Å². The van der Waals surface area contributed by atoms with Crippen LogP contribution >= 0.6 is 23.1 Å². The number of hydrogen-bond donors (Lipinski definition) is 1. The van der Waals surface area contributed by atoms with Crippen molar-refractivity contribution in [3.63, 3.8) is 0 Å². The Morgan fingerprint density at radius 2 is 2.04 bits per heavy atom. The van der Waals surface area contributed by atoms with Gasteiger partial charge in [0.2, 0.25) is 15.9 Å². The second-order valence-electron chi connectivity index (χ2n) is 6.51. The Hall–Kier alpha value is -1.35. The fourth-order valence-corrected chi connectivity index (χ4v) is 6.30. The van der Waals surface area contributed by atoms with Crippen molar-refractivity contribution >= 4 is 44.7 Å². The normalized spacial score (nSPS) is 15.8. The van der Waals surface area contributed by atoms with Gasteiger partial charge in [-0.25, -0.2) is 13.1 Å². The smallest absolute Gasteiger partial charge is 0.241 e. The molecule has 1 aliphatic rings. The third-order valence-electron chi connectivity index (χ3n) is 4.28. The second-order valence-corrected chi connectivity index (χ2v) is 10.3. The number of nitrogens with zero attached hydrogens (tertiary/aromatic N) is 1. The molecule has 0 fully saturated rings. The van der Waals surface area contributed by atoms with Gasteiger partial charge >= 0.3 is 0 Å². The minimum atomic E-state index is -3.70. The molecule has 0 spiro atoms. The van der Waals surface area contributed by atoms with Crippen molar-refractivity contribution in [1.29, 1.82) is 0 Å². The first-order valence-electron chi connectivity index (χ1n) is 8.40. The molecule has 1 aromatic carbocycles. The van der Waals surface area contributed by atoms with Gasteiger partial charge in [0.05, 0.1) is 16.6 Å². The largest absolute Gasteiger partial charge is 0.311 e. The Bertz CT molecular complexity index is 892. The molecule has 0 radical (unpaired) electrons. The quantitative estimate of drug-likeness (QED) is 0.812. The van der Waals surface area contributed by atoms with Crippen LogP contribution in [-0.2, 0) is 14.8 Å². The molecule has 26 heavy (non-hydrogen) atoms. The Morgan fingerprint density at radius 1 is 1.27 bits per heavy atom. The molecular weight excluding hydrogens is 388 g/mol. The van der Waals surface area contributed by atoms with Crippen molar-refractivity contribution in [1.82, 2.24) is 4.72 Å². The van der Waals surface area contributed by atoms with Crippen LogP contribution in [0.4, 0.5) is 5.69 Å². The number of carbonyl (C=O) groups is 1. The lowest BCUT2D eigenvalue weighted by atomic mass is 10.0. The van der Waals surface area contributed by atoms with E-state index in [0.717, 1.165) is 15.5 Å². The number of carbonyl (C=O) groups excluding carboxylic acids is 1. The van der Waals surface area contributed by atoms with E-state index in [1.165, 1.54) is 18.3 Å². The first kappa shape index (κ1) is 19.4. The molecule has 0 saturated carbocycles. The van der Waals surface area contributed by atoms with Gasteiger partial charge in [-0.3, -0.25) is 4.79 Å². The molecule has 1 atom stereocenters. The topological polar surface area (TPSA) is 66.5 Å².